The molecule has 1 aliphatic rings. The van der Waals surface area contributed by atoms with Gasteiger partial charge in [-0.25, -0.2) is 20.2 Å². The van der Waals surface area contributed by atoms with Crippen molar-refractivity contribution < 1.29 is 4.39 Å². The molecule has 0 aromatic carbocycles. The maximum Gasteiger partial charge on any atom is 0.237 e. The molecule has 8 nitrogen and oxygen atoms in total. The number of nitrogens with two attached hydrogens (primary N) is 1. The summed E-state index contributed by atoms with van der Waals surface area (Å²) >= 11 is 0. The van der Waals surface area contributed by atoms with Crippen LogP contribution in [0.1, 0.15) is 25.0 Å². The Balaban J connectivity index is 1.46. The van der Waals surface area contributed by atoms with Crippen molar-refractivity contribution in [3.05, 3.63) is 54.4 Å². The Morgan fingerprint density at radius 1 is 1.07 bits per heavy atom. The van der Waals surface area contributed by atoms with Crippen molar-refractivity contribution in [2.75, 3.05) is 17.3 Å². The van der Waals surface area contributed by atoms with Gasteiger partial charge in [0, 0.05) is 36.1 Å². The van der Waals surface area contributed by atoms with Crippen LogP contribution in [0.5, 0.6) is 0 Å². The van der Waals surface area contributed by atoms with Crippen LogP contribution in [0.3, 0.4) is 0 Å². The van der Waals surface area contributed by atoms with Crippen LogP contribution in [-0.2, 0) is 5.41 Å². The minimum absolute atomic E-state index is 0.254. The normalized spacial score (nSPS) is 15.0. The van der Waals surface area contributed by atoms with Gasteiger partial charge in [-0.15, -0.1) is 10.2 Å². The Hall–Kier alpha value is -3.20. The van der Waals surface area contributed by atoms with E-state index < -0.39 is 0 Å². The standard InChI is InChI=1S/C18H19FN8/c19-13-3-1-8-21-16(13)18(6-2-7-18)11-24-15-5-4-14(26-27-15)12-9-22-17(25-20)23-10-12/h1,3-5,8-10H,2,6-7,11,20H2,(H,24,27)(H,22,23,25). The highest BCUT2D eigenvalue weighted by molar-refractivity contribution is 5.58. The molecule has 3 heterocycles. The first-order chi connectivity index (χ1) is 13.2. The summed E-state index contributed by atoms with van der Waals surface area (Å²) in [6, 6.07) is 6.74. The van der Waals surface area contributed by atoms with E-state index in [0.29, 0.717) is 29.7 Å². The van der Waals surface area contributed by atoms with E-state index in [1.54, 1.807) is 24.7 Å². The highest BCUT2D eigenvalue weighted by atomic mass is 19.1. The van der Waals surface area contributed by atoms with Crippen LogP contribution in [0.25, 0.3) is 11.3 Å². The highest BCUT2D eigenvalue weighted by Gasteiger charge is 2.41. The molecule has 4 rings (SSSR count). The monoisotopic (exact) mass is 366 g/mol. The van der Waals surface area contributed by atoms with E-state index in [0.717, 1.165) is 24.8 Å². The predicted molar refractivity (Wildman–Crippen MR) is 99.1 cm³/mol. The average molecular weight is 366 g/mol. The molecule has 3 aromatic heterocycles. The molecular weight excluding hydrogens is 347 g/mol. The quantitative estimate of drug-likeness (QED) is 0.450. The first kappa shape index (κ1) is 17.2. The fourth-order valence-electron chi connectivity index (χ4n) is 3.25. The van der Waals surface area contributed by atoms with Gasteiger partial charge < -0.3 is 5.32 Å². The summed E-state index contributed by atoms with van der Waals surface area (Å²) in [5, 5.41) is 11.7. The molecule has 0 saturated heterocycles. The zero-order chi connectivity index (χ0) is 18.7. The molecule has 138 valence electrons. The van der Waals surface area contributed by atoms with Crippen molar-refractivity contribution >= 4 is 11.8 Å². The van der Waals surface area contributed by atoms with Crippen LogP contribution in [0.4, 0.5) is 16.2 Å². The third-order valence-corrected chi connectivity index (χ3v) is 4.92. The second kappa shape index (κ2) is 7.20. The molecule has 0 bridgehead atoms. The van der Waals surface area contributed by atoms with Crippen molar-refractivity contribution in [2.24, 2.45) is 5.84 Å². The second-order valence-corrected chi connectivity index (χ2v) is 6.56. The molecule has 0 radical (unpaired) electrons. The average Bonchev–Trinajstić information content (AvgIpc) is 2.69. The SMILES string of the molecule is NNc1ncc(-c2ccc(NCC3(c4ncccc4F)CCC3)nn2)cn1. The first-order valence-corrected chi connectivity index (χ1v) is 8.68. The van der Waals surface area contributed by atoms with Crippen LogP contribution in [-0.4, -0.2) is 31.7 Å². The Labute approximate surface area is 155 Å². The summed E-state index contributed by atoms with van der Waals surface area (Å²) in [5.41, 5.74) is 4.00. The summed E-state index contributed by atoms with van der Waals surface area (Å²) in [5.74, 6) is 5.96. The molecule has 3 aromatic rings. The minimum atomic E-state index is -0.287. The van der Waals surface area contributed by atoms with E-state index in [1.165, 1.54) is 6.07 Å². The molecule has 0 amide bonds. The maximum absolute atomic E-state index is 14.2. The van der Waals surface area contributed by atoms with E-state index in [9.17, 15) is 4.39 Å². The minimum Gasteiger partial charge on any atom is -0.368 e. The molecule has 0 atom stereocenters. The molecule has 0 spiro atoms. The van der Waals surface area contributed by atoms with E-state index in [4.69, 9.17) is 5.84 Å². The number of halogens is 1. The maximum atomic E-state index is 14.2. The fraction of sp³-hybridized carbons (Fsp3) is 0.278. The van der Waals surface area contributed by atoms with Gasteiger partial charge in [-0.2, -0.15) is 0 Å². The number of aromatic nitrogens is 5. The van der Waals surface area contributed by atoms with Crippen molar-refractivity contribution in [3.63, 3.8) is 0 Å². The predicted octanol–water partition coefficient (Wildman–Crippen LogP) is 2.29. The molecular formula is C18H19FN8. The molecule has 4 N–H and O–H groups in total. The van der Waals surface area contributed by atoms with Crippen LogP contribution < -0.4 is 16.6 Å². The lowest BCUT2D eigenvalue weighted by atomic mass is 9.66. The molecule has 9 heteroatoms. The Morgan fingerprint density at radius 3 is 2.48 bits per heavy atom. The Kier molecular flexibility index (Phi) is 4.59. The van der Waals surface area contributed by atoms with Gasteiger partial charge in [-0.3, -0.25) is 10.4 Å². The third kappa shape index (κ3) is 3.41. The zero-order valence-corrected chi connectivity index (χ0v) is 14.6. The number of nitrogens with one attached hydrogen (secondary N) is 2. The van der Waals surface area contributed by atoms with E-state index in [2.05, 4.69) is 35.9 Å². The topological polar surface area (TPSA) is 115 Å². The molecule has 1 fully saturated rings. The van der Waals surface area contributed by atoms with Crippen molar-refractivity contribution in [1.82, 2.24) is 25.1 Å². The van der Waals surface area contributed by atoms with E-state index >= 15 is 0 Å². The molecule has 27 heavy (non-hydrogen) atoms. The van der Waals surface area contributed by atoms with Gasteiger partial charge in [0.15, 0.2) is 0 Å². The third-order valence-electron chi connectivity index (χ3n) is 4.92. The lowest BCUT2D eigenvalue weighted by Crippen LogP contribution is -2.42. The Bertz CT molecular complexity index is 909. The Morgan fingerprint density at radius 2 is 1.89 bits per heavy atom. The van der Waals surface area contributed by atoms with Gasteiger partial charge in [-0.05, 0) is 37.1 Å². The van der Waals surface area contributed by atoms with Gasteiger partial charge in [-0.1, -0.05) is 6.42 Å². The number of nitrogens with zero attached hydrogens (tertiary/aromatic N) is 5. The summed E-state index contributed by atoms with van der Waals surface area (Å²) in [6.45, 7) is 0.564. The van der Waals surface area contributed by atoms with Gasteiger partial charge in [0.05, 0.1) is 11.4 Å². The smallest absolute Gasteiger partial charge is 0.237 e. The first-order valence-electron chi connectivity index (χ1n) is 8.68. The fourth-order valence-corrected chi connectivity index (χ4v) is 3.25. The van der Waals surface area contributed by atoms with E-state index in [1.807, 2.05) is 12.1 Å². The summed E-state index contributed by atoms with van der Waals surface area (Å²) < 4.78 is 14.2. The van der Waals surface area contributed by atoms with Gasteiger partial charge >= 0.3 is 0 Å². The second-order valence-electron chi connectivity index (χ2n) is 6.56. The van der Waals surface area contributed by atoms with Gasteiger partial charge in [0.2, 0.25) is 5.95 Å². The van der Waals surface area contributed by atoms with Crippen molar-refractivity contribution in [1.29, 1.82) is 0 Å². The van der Waals surface area contributed by atoms with E-state index in [-0.39, 0.29) is 11.2 Å². The number of nitrogen functional groups attached to an aromatic ring is 1. The number of rotatable bonds is 6. The van der Waals surface area contributed by atoms with Gasteiger partial charge in [0.25, 0.3) is 0 Å². The molecule has 1 aliphatic carbocycles. The number of hydrogen-bond acceptors (Lipinski definition) is 8. The molecule has 0 aliphatic heterocycles. The summed E-state index contributed by atoms with van der Waals surface area (Å²) in [4.78, 5) is 12.4. The van der Waals surface area contributed by atoms with Crippen LogP contribution in [0.15, 0.2) is 42.9 Å². The number of pyridine rings is 1. The number of hydrogen-bond donors (Lipinski definition) is 3. The summed E-state index contributed by atoms with van der Waals surface area (Å²) in [7, 11) is 0. The van der Waals surface area contributed by atoms with Crippen LogP contribution in [0.2, 0.25) is 0 Å². The number of hydrazine groups is 1. The largest absolute Gasteiger partial charge is 0.368 e. The zero-order valence-electron chi connectivity index (χ0n) is 14.6. The van der Waals surface area contributed by atoms with Gasteiger partial charge in [0.1, 0.15) is 11.6 Å². The molecule has 1 saturated carbocycles. The van der Waals surface area contributed by atoms with Crippen molar-refractivity contribution in [2.45, 2.75) is 24.7 Å². The lowest BCUT2D eigenvalue weighted by Gasteiger charge is -2.41. The molecule has 0 unspecified atom stereocenters. The van der Waals surface area contributed by atoms with Crippen LogP contribution in [0, 0.1) is 5.82 Å². The number of anilines is 2. The highest BCUT2D eigenvalue weighted by Crippen LogP contribution is 2.43. The lowest BCUT2D eigenvalue weighted by molar-refractivity contribution is 0.243. The summed E-state index contributed by atoms with van der Waals surface area (Å²) in [6.07, 6.45) is 7.74. The van der Waals surface area contributed by atoms with Crippen LogP contribution >= 0.6 is 0 Å². The van der Waals surface area contributed by atoms with Crippen molar-refractivity contribution in [3.8, 4) is 11.3 Å².